The molecule has 0 saturated heterocycles. The van der Waals surface area contributed by atoms with Crippen LogP contribution in [0.2, 0.25) is 0 Å². The molecule has 0 saturated carbocycles. The molecule has 0 aliphatic heterocycles. The van der Waals surface area contributed by atoms with Crippen molar-refractivity contribution in [3.8, 4) is 5.92 Å². The Morgan fingerprint density at radius 2 is 1.41 bits per heavy atom. The third-order valence-corrected chi connectivity index (χ3v) is 4.16. The Morgan fingerprint density at radius 3 is 1.95 bits per heavy atom. The van der Waals surface area contributed by atoms with E-state index in [1.807, 2.05) is 18.2 Å². The van der Waals surface area contributed by atoms with E-state index in [4.69, 9.17) is 6.42 Å². The topological polar surface area (TPSA) is 12.0 Å². The molecule has 1 rings (SSSR count). The van der Waals surface area contributed by atoms with Gasteiger partial charge in [-0.15, -0.1) is 0 Å². The minimum atomic E-state index is -0.0558. The molecule has 1 unspecified atom stereocenters. The maximum atomic E-state index is 7.43. The molecule has 120 valence electrons. The number of hydrogen-bond acceptors (Lipinski definition) is 1. The van der Waals surface area contributed by atoms with Crippen molar-refractivity contribution >= 4 is 0 Å². The fourth-order valence-electron chi connectivity index (χ4n) is 2.76. The summed E-state index contributed by atoms with van der Waals surface area (Å²) in [5.74, 6) is 2.59. The van der Waals surface area contributed by atoms with Gasteiger partial charge in [0.1, 0.15) is 0 Å². The molecule has 0 bridgehead atoms. The van der Waals surface area contributed by atoms with Crippen LogP contribution in [0.3, 0.4) is 0 Å². The molecule has 22 heavy (non-hydrogen) atoms. The molecular weight excluding hydrogens is 266 g/mol. The van der Waals surface area contributed by atoms with Gasteiger partial charge >= 0.3 is 118 Å². The molecule has 0 aliphatic rings. The van der Waals surface area contributed by atoms with Crippen molar-refractivity contribution in [2.45, 2.75) is 77.2 Å². The van der Waals surface area contributed by atoms with E-state index in [9.17, 15) is 0 Å². The van der Waals surface area contributed by atoms with Crippen molar-refractivity contribution in [3.63, 3.8) is 0 Å². The normalized spacial score (nSPS) is 12.1. The van der Waals surface area contributed by atoms with Crippen molar-refractivity contribution < 1.29 is 0 Å². The fourth-order valence-corrected chi connectivity index (χ4v) is 2.76. The van der Waals surface area contributed by atoms with Gasteiger partial charge in [-0.1, -0.05) is 19.8 Å². The quantitative estimate of drug-likeness (QED) is 0.274. The predicted octanol–water partition coefficient (Wildman–Crippen LogP) is 5.83. The van der Waals surface area contributed by atoms with E-state index < -0.39 is 0 Å². The van der Waals surface area contributed by atoms with Gasteiger partial charge < -0.3 is 0 Å². The van der Waals surface area contributed by atoms with Gasteiger partial charge in [0.05, 0.1) is 0 Å². The van der Waals surface area contributed by atoms with Gasteiger partial charge in [-0.25, -0.2) is 0 Å². The van der Waals surface area contributed by atoms with Gasteiger partial charge in [-0.2, -0.15) is 0 Å². The summed E-state index contributed by atoms with van der Waals surface area (Å²) in [6, 6.07) is 10.1. The SMILES string of the molecule is [C+]#CC(NCCCCCCCCCCCC)c1ccccc1. The van der Waals surface area contributed by atoms with Gasteiger partial charge in [-0.05, 0) is 0 Å². The van der Waals surface area contributed by atoms with E-state index >= 15 is 0 Å². The molecule has 0 amide bonds. The first-order valence-corrected chi connectivity index (χ1v) is 9.09. The van der Waals surface area contributed by atoms with Gasteiger partial charge in [0.25, 0.3) is 0 Å². The second kappa shape index (κ2) is 13.6. The molecule has 0 aliphatic carbocycles. The molecule has 1 atom stereocenters. The second-order valence-electron chi connectivity index (χ2n) is 6.12. The van der Waals surface area contributed by atoms with Crippen LogP contribution in [0.5, 0.6) is 0 Å². The summed E-state index contributed by atoms with van der Waals surface area (Å²) in [7, 11) is 0. The average Bonchev–Trinajstić information content (AvgIpc) is 2.57. The third kappa shape index (κ3) is 9.07. The van der Waals surface area contributed by atoms with Crippen LogP contribution >= 0.6 is 0 Å². The zero-order valence-corrected chi connectivity index (χ0v) is 14.2. The number of rotatable bonds is 13. The summed E-state index contributed by atoms with van der Waals surface area (Å²) in [6.45, 7) is 3.24. The Bertz CT molecular complexity index is 390. The Balaban J connectivity index is 1.96. The molecule has 0 radical (unpaired) electrons. The monoisotopic (exact) mass is 298 g/mol. The average molecular weight is 298 g/mol. The maximum absolute atomic E-state index is 7.43. The zero-order chi connectivity index (χ0) is 15.9. The van der Waals surface area contributed by atoms with E-state index in [1.54, 1.807) is 0 Å². The fraction of sp³-hybridized carbons (Fsp3) is 0.619. The first-order valence-electron chi connectivity index (χ1n) is 9.09. The summed E-state index contributed by atoms with van der Waals surface area (Å²) in [5, 5.41) is 3.41. The number of nitrogens with one attached hydrogen (secondary N) is 1. The van der Waals surface area contributed by atoms with Crippen LogP contribution in [-0.4, -0.2) is 6.54 Å². The molecule has 1 heteroatoms. The van der Waals surface area contributed by atoms with E-state index in [0.717, 1.165) is 12.1 Å². The first-order chi connectivity index (χ1) is 10.9. The van der Waals surface area contributed by atoms with Crippen molar-refractivity contribution in [3.05, 3.63) is 42.3 Å². The minimum absolute atomic E-state index is 0.0558. The molecular formula is C21H32N+. The van der Waals surface area contributed by atoms with Crippen LogP contribution in [0.4, 0.5) is 0 Å². The van der Waals surface area contributed by atoms with Crippen molar-refractivity contribution in [1.82, 2.24) is 5.32 Å². The number of unbranched alkanes of at least 4 members (excludes halogenated alkanes) is 9. The van der Waals surface area contributed by atoms with E-state index in [1.165, 1.54) is 64.2 Å². The molecule has 0 aromatic heterocycles. The van der Waals surface area contributed by atoms with E-state index in [2.05, 4.69) is 30.3 Å². The Kier molecular flexibility index (Phi) is 11.8. The second-order valence-corrected chi connectivity index (χ2v) is 6.12. The molecule has 1 N–H and O–H groups in total. The summed E-state index contributed by atoms with van der Waals surface area (Å²) in [6.07, 6.45) is 21.0. The number of benzene rings is 1. The van der Waals surface area contributed by atoms with Crippen molar-refractivity contribution in [2.24, 2.45) is 0 Å². The summed E-state index contributed by atoms with van der Waals surface area (Å²) >= 11 is 0. The van der Waals surface area contributed by atoms with Gasteiger partial charge in [-0.3, -0.25) is 0 Å². The van der Waals surface area contributed by atoms with Crippen LogP contribution in [0.1, 0.15) is 82.7 Å². The van der Waals surface area contributed by atoms with Gasteiger partial charge in [0, 0.05) is 0 Å². The van der Waals surface area contributed by atoms with E-state index in [-0.39, 0.29) is 6.04 Å². The Hall–Kier alpha value is -1.04. The molecule has 0 spiro atoms. The Morgan fingerprint density at radius 1 is 0.864 bits per heavy atom. The summed E-state index contributed by atoms with van der Waals surface area (Å²) < 4.78 is 0. The van der Waals surface area contributed by atoms with Crippen LogP contribution in [0, 0.1) is 12.3 Å². The molecule has 1 aromatic carbocycles. The van der Waals surface area contributed by atoms with Crippen molar-refractivity contribution in [2.75, 3.05) is 6.54 Å². The molecule has 1 aromatic rings. The standard InChI is InChI=1S/C21H32N/c1-3-5-6-7-8-9-10-11-12-16-19-22-21(4-2)20-17-14-13-15-18-20/h13-15,17-18,21-22H,3,5-12,16,19H2,1H3/q+1. The molecule has 0 heterocycles. The van der Waals surface area contributed by atoms with Crippen LogP contribution in [-0.2, 0) is 0 Å². The molecule has 1 nitrogen and oxygen atoms in total. The predicted molar refractivity (Wildman–Crippen MR) is 96.2 cm³/mol. The van der Waals surface area contributed by atoms with E-state index in [0.29, 0.717) is 0 Å². The zero-order valence-electron chi connectivity index (χ0n) is 14.2. The third-order valence-electron chi connectivity index (χ3n) is 4.16. The van der Waals surface area contributed by atoms with Gasteiger partial charge in [0.15, 0.2) is 0 Å². The number of hydrogen-bond donors (Lipinski definition) is 1. The van der Waals surface area contributed by atoms with Crippen LogP contribution in [0.15, 0.2) is 30.3 Å². The van der Waals surface area contributed by atoms with Crippen LogP contribution < -0.4 is 5.32 Å². The molecule has 0 fully saturated rings. The van der Waals surface area contributed by atoms with Crippen molar-refractivity contribution in [1.29, 1.82) is 0 Å². The van der Waals surface area contributed by atoms with Gasteiger partial charge in [0.2, 0.25) is 0 Å². The van der Waals surface area contributed by atoms with Crippen LogP contribution in [0.25, 0.3) is 0 Å². The Labute approximate surface area is 137 Å². The summed E-state index contributed by atoms with van der Waals surface area (Å²) in [4.78, 5) is 0. The first kappa shape index (κ1) is 19.0. The summed E-state index contributed by atoms with van der Waals surface area (Å²) in [5.41, 5.74) is 1.13.